The lowest BCUT2D eigenvalue weighted by atomic mass is 10.2. The Labute approximate surface area is 117 Å². The van der Waals surface area contributed by atoms with E-state index >= 15 is 0 Å². The van der Waals surface area contributed by atoms with Crippen molar-refractivity contribution in [2.45, 2.75) is 33.3 Å². The van der Waals surface area contributed by atoms with Crippen LogP contribution in [0.3, 0.4) is 0 Å². The molecule has 2 N–H and O–H groups in total. The minimum atomic E-state index is -0.555. The molecule has 0 saturated heterocycles. The van der Waals surface area contributed by atoms with Crippen molar-refractivity contribution in [3.05, 3.63) is 30.2 Å². The second-order valence-corrected chi connectivity index (χ2v) is 5.44. The maximum atomic E-state index is 11.8. The first-order chi connectivity index (χ1) is 9.35. The molecule has 0 unspecified atom stereocenters. The van der Waals surface area contributed by atoms with E-state index in [9.17, 15) is 4.79 Å². The molecule has 1 amide bonds. The summed E-state index contributed by atoms with van der Waals surface area (Å²) in [7, 11) is 0. The Morgan fingerprint density at radius 3 is 2.70 bits per heavy atom. The van der Waals surface area contributed by atoms with E-state index in [1.807, 2.05) is 33.8 Å². The smallest absolute Gasteiger partial charge is 0.413 e. The zero-order valence-electron chi connectivity index (χ0n) is 12.0. The van der Waals surface area contributed by atoms with E-state index in [1.165, 1.54) is 0 Å². The van der Waals surface area contributed by atoms with Gasteiger partial charge < -0.3 is 9.72 Å². The summed E-state index contributed by atoms with van der Waals surface area (Å²) in [6, 6.07) is 3.62. The molecule has 0 aliphatic rings. The van der Waals surface area contributed by atoms with E-state index in [1.54, 1.807) is 18.5 Å². The first-order valence-electron chi connectivity index (χ1n) is 6.32. The molecular formula is C14H18N4O2. The molecular weight excluding hydrogens is 256 g/mol. The summed E-state index contributed by atoms with van der Waals surface area (Å²) in [5.74, 6) is 1.07. The zero-order chi connectivity index (χ0) is 14.8. The fraction of sp³-hybridized carbons (Fsp3) is 0.357. The largest absolute Gasteiger partial charge is 0.444 e. The van der Waals surface area contributed by atoms with Crippen molar-refractivity contribution >= 4 is 11.9 Å². The summed E-state index contributed by atoms with van der Waals surface area (Å²) in [6.07, 6.45) is 2.78. The van der Waals surface area contributed by atoms with E-state index < -0.39 is 11.7 Å². The molecule has 6 nitrogen and oxygen atoms in total. The molecule has 0 radical (unpaired) electrons. The molecule has 0 fully saturated rings. The Morgan fingerprint density at radius 1 is 1.35 bits per heavy atom. The molecule has 106 valence electrons. The van der Waals surface area contributed by atoms with Gasteiger partial charge in [-0.1, -0.05) is 0 Å². The van der Waals surface area contributed by atoms with Crippen LogP contribution in [0.4, 0.5) is 10.6 Å². The minimum absolute atomic E-state index is 0.413. The first-order valence-corrected chi connectivity index (χ1v) is 6.32. The van der Waals surface area contributed by atoms with E-state index in [2.05, 4.69) is 20.3 Å². The van der Waals surface area contributed by atoms with Gasteiger partial charge in [0.1, 0.15) is 17.2 Å². The summed E-state index contributed by atoms with van der Waals surface area (Å²) in [5, 5.41) is 2.64. The van der Waals surface area contributed by atoms with Gasteiger partial charge in [-0.25, -0.2) is 14.8 Å². The Hall–Kier alpha value is -2.37. The van der Waals surface area contributed by atoms with Gasteiger partial charge in [-0.2, -0.15) is 0 Å². The highest BCUT2D eigenvalue weighted by Gasteiger charge is 2.18. The lowest BCUT2D eigenvalue weighted by Gasteiger charge is -2.19. The summed E-state index contributed by atoms with van der Waals surface area (Å²) in [4.78, 5) is 23.3. The molecule has 6 heteroatoms. The van der Waals surface area contributed by atoms with Gasteiger partial charge in [-0.3, -0.25) is 5.32 Å². The van der Waals surface area contributed by atoms with Crippen molar-refractivity contribution in [2.75, 3.05) is 5.32 Å². The molecule has 20 heavy (non-hydrogen) atoms. The van der Waals surface area contributed by atoms with E-state index in [0.29, 0.717) is 17.2 Å². The molecule has 0 aliphatic carbocycles. The van der Waals surface area contributed by atoms with Crippen LogP contribution in [0.2, 0.25) is 0 Å². The predicted octanol–water partition coefficient (Wildman–Crippen LogP) is 3.13. The quantitative estimate of drug-likeness (QED) is 0.881. The predicted molar refractivity (Wildman–Crippen MR) is 76.4 cm³/mol. The van der Waals surface area contributed by atoms with Crippen LogP contribution in [0.25, 0.3) is 11.4 Å². The van der Waals surface area contributed by atoms with Crippen LogP contribution in [-0.4, -0.2) is 26.6 Å². The fourth-order valence-electron chi connectivity index (χ4n) is 1.65. The molecule has 2 aromatic rings. The van der Waals surface area contributed by atoms with Gasteiger partial charge >= 0.3 is 6.09 Å². The topological polar surface area (TPSA) is 79.9 Å². The van der Waals surface area contributed by atoms with Crippen LogP contribution in [0.1, 0.15) is 26.5 Å². The number of nitrogens with zero attached hydrogens (tertiary/aromatic N) is 2. The summed E-state index contributed by atoms with van der Waals surface area (Å²) in [5.41, 5.74) is 1.10. The van der Waals surface area contributed by atoms with Gasteiger partial charge in [-0.15, -0.1) is 0 Å². The molecule has 0 aromatic carbocycles. The summed E-state index contributed by atoms with van der Waals surface area (Å²) in [6.45, 7) is 7.33. The highest BCUT2D eigenvalue weighted by Crippen LogP contribution is 2.23. The number of aromatic nitrogens is 3. The lowest BCUT2D eigenvalue weighted by molar-refractivity contribution is 0.0635. The normalized spacial score (nSPS) is 11.2. The number of hydrogen-bond donors (Lipinski definition) is 2. The Balaban J connectivity index is 2.23. The zero-order valence-corrected chi connectivity index (χ0v) is 12.0. The Morgan fingerprint density at radius 2 is 2.10 bits per heavy atom. The number of amides is 1. The number of aromatic amines is 1. The third kappa shape index (κ3) is 3.57. The second-order valence-electron chi connectivity index (χ2n) is 5.44. The molecule has 0 aliphatic heterocycles. The average Bonchev–Trinajstić information content (AvgIpc) is 2.74. The first kappa shape index (κ1) is 14.0. The van der Waals surface area contributed by atoms with Gasteiger partial charge in [0.05, 0.1) is 5.56 Å². The Kier molecular flexibility index (Phi) is 3.74. The maximum Gasteiger partial charge on any atom is 0.413 e. The number of carbonyl (C=O) groups is 1. The number of imidazole rings is 1. The third-order valence-electron chi connectivity index (χ3n) is 2.39. The highest BCUT2D eigenvalue weighted by molar-refractivity contribution is 5.88. The highest BCUT2D eigenvalue weighted by atomic mass is 16.6. The van der Waals surface area contributed by atoms with Crippen molar-refractivity contribution in [3.8, 4) is 11.4 Å². The van der Waals surface area contributed by atoms with Gasteiger partial charge in [-0.05, 0) is 39.8 Å². The molecule has 2 aromatic heterocycles. The molecule has 2 heterocycles. The molecule has 2 rings (SSSR count). The Bertz CT molecular complexity index is 614. The van der Waals surface area contributed by atoms with Crippen LogP contribution < -0.4 is 5.32 Å². The number of rotatable bonds is 2. The van der Waals surface area contributed by atoms with Crippen molar-refractivity contribution in [2.24, 2.45) is 0 Å². The molecule has 0 atom stereocenters. The summed E-state index contributed by atoms with van der Waals surface area (Å²) >= 11 is 0. The number of carbonyl (C=O) groups excluding carboxylic acids is 1. The maximum absolute atomic E-state index is 11.8. The third-order valence-corrected chi connectivity index (χ3v) is 2.39. The van der Waals surface area contributed by atoms with E-state index in [4.69, 9.17) is 4.74 Å². The number of hydrogen-bond acceptors (Lipinski definition) is 4. The van der Waals surface area contributed by atoms with Gasteiger partial charge in [0.25, 0.3) is 0 Å². The van der Waals surface area contributed by atoms with Crippen LogP contribution >= 0.6 is 0 Å². The van der Waals surface area contributed by atoms with Crippen molar-refractivity contribution in [3.63, 3.8) is 0 Å². The van der Waals surface area contributed by atoms with Crippen LogP contribution in [-0.2, 0) is 4.74 Å². The average molecular weight is 274 g/mol. The molecule has 0 spiro atoms. The van der Waals surface area contributed by atoms with Crippen LogP contribution in [0.15, 0.2) is 24.5 Å². The van der Waals surface area contributed by atoms with E-state index in [0.717, 1.165) is 5.69 Å². The van der Waals surface area contributed by atoms with Gasteiger partial charge in [0, 0.05) is 18.1 Å². The van der Waals surface area contributed by atoms with Crippen molar-refractivity contribution in [1.82, 2.24) is 15.0 Å². The van der Waals surface area contributed by atoms with Crippen LogP contribution in [0.5, 0.6) is 0 Å². The minimum Gasteiger partial charge on any atom is -0.444 e. The summed E-state index contributed by atoms with van der Waals surface area (Å²) < 4.78 is 5.22. The molecule has 0 bridgehead atoms. The van der Waals surface area contributed by atoms with E-state index in [-0.39, 0.29) is 0 Å². The monoisotopic (exact) mass is 274 g/mol. The SMILES string of the molecule is Cc1cnc(-c2cccnc2NC(=O)OC(C)(C)C)[nH]1. The van der Waals surface area contributed by atoms with Crippen LogP contribution in [0, 0.1) is 6.92 Å². The number of pyridine rings is 1. The number of H-pyrrole nitrogens is 1. The number of aryl methyl sites for hydroxylation is 1. The van der Waals surface area contributed by atoms with Crippen molar-refractivity contribution in [1.29, 1.82) is 0 Å². The van der Waals surface area contributed by atoms with Gasteiger partial charge in [0.15, 0.2) is 0 Å². The lowest BCUT2D eigenvalue weighted by Crippen LogP contribution is -2.27. The van der Waals surface area contributed by atoms with Gasteiger partial charge in [0.2, 0.25) is 0 Å². The molecule has 0 saturated carbocycles. The second kappa shape index (κ2) is 5.32. The fourth-order valence-corrected chi connectivity index (χ4v) is 1.65. The number of nitrogens with one attached hydrogen (secondary N) is 2. The number of anilines is 1. The number of ether oxygens (including phenoxy) is 1. The van der Waals surface area contributed by atoms with Crippen molar-refractivity contribution < 1.29 is 9.53 Å². The standard InChI is InChI=1S/C14H18N4O2/c1-9-8-16-12(17-9)10-6-5-7-15-11(10)18-13(19)20-14(2,3)4/h5-8H,1-4H3,(H,16,17)(H,15,18,19).